The molecule has 0 spiro atoms. The number of carbonyl (C=O) groups excluding carboxylic acids is 2. The number of hydrogen-bond acceptors (Lipinski definition) is 4. The van der Waals surface area contributed by atoms with Crippen LogP contribution in [0, 0.1) is 11.8 Å². The van der Waals surface area contributed by atoms with E-state index in [-0.39, 0.29) is 38.5 Å². The predicted molar refractivity (Wildman–Crippen MR) is 144 cm³/mol. The molecule has 0 fully saturated rings. The molecule has 0 heterocycles. The van der Waals surface area contributed by atoms with E-state index in [2.05, 4.69) is 29.3 Å². The number of amides is 2. The molecule has 1 unspecified atom stereocenters. The van der Waals surface area contributed by atoms with Gasteiger partial charge < -0.3 is 20.1 Å². The van der Waals surface area contributed by atoms with Gasteiger partial charge in [-0.25, -0.2) is 4.79 Å². The zero-order valence-electron chi connectivity index (χ0n) is 21.2. The fourth-order valence-electron chi connectivity index (χ4n) is 4.71. The second-order valence-electron chi connectivity index (χ2n) is 9.04. The molecule has 1 aliphatic carbocycles. The van der Waals surface area contributed by atoms with E-state index in [0.717, 1.165) is 27.8 Å². The van der Waals surface area contributed by atoms with Gasteiger partial charge in [0.25, 0.3) is 0 Å². The zero-order valence-corrected chi connectivity index (χ0v) is 21.2. The van der Waals surface area contributed by atoms with E-state index in [1.165, 1.54) is 4.90 Å². The zero-order chi connectivity index (χ0) is 26.9. The average Bonchev–Trinajstić information content (AvgIpc) is 3.26. The van der Waals surface area contributed by atoms with Gasteiger partial charge in [-0.2, -0.15) is 0 Å². The number of hydrogen-bond donors (Lipinski definition) is 2. The Morgan fingerprint density at radius 1 is 0.947 bits per heavy atom. The molecule has 3 aromatic carbocycles. The first kappa shape index (κ1) is 26.5. The molecular weight excluding hydrogens is 480 g/mol. The highest BCUT2D eigenvalue weighted by atomic mass is 16.5. The lowest BCUT2D eigenvalue weighted by Crippen LogP contribution is -2.49. The van der Waals surface area contributed by atoms with Gasteiger partial charge in [-0.15, -0.1) is 11.8 Å². The minimum atomic E-state index is -1.01. The van der Waals surface area contributed by atoms with Gasteiger partial charge in [0, 0.05) is 25.4 Å². The molecule has 0 aromatic heterocycles. The number of rotatable bonds is 10. The van der Waals surface area contributed by atoms with E-state index in [1.807, 2.05) is 66.7 Å². The summed E-state index contributed by atoms with van der Waals surface area (Å²) in [5.41, 5.74) is 5.28. The number of benzene rings is 3. The van der Waals surface area contributed by atoms with Crippen LogP contribution in [0.4, 0.5) is 4.79 Å². The number of carboxylic acid groups (broad SMARTS) is 1. The molecule has 7 heteroatoms. The topological polar surface area (TPSA) is 95.9 Å². The third-order valence-corrected chi connectivity index (χ3v) is 6.54. The summed E-state index contributed by atoms with van der Waals surface area (Å²) in [6, 6.07) is 24.4. The first-order chi connectivity index (χ1) is 18.5. The lowest BCUT2D eigenvalue weighted by Gasteiger charge is -2.27. The van der Waals surface area contributed by atoms with Crippen LogP contribution in [-0.4, -0.2) is 47.2 Å². The van der Waals surface area contributed by atoms with Crippen molar-refractivity contribution < 1.29 is 24.2 Å². The van der Waals surface area contributed by atoms with Crippen molar-refractivity contribution in [2.24, 2.45) is 0 Å². The Balaban J connectivity index is 1.46. The number of carbonyl (C=O) groups is 3. The maximum absolute atomic E-state index is 13.5. The van der Waals surface area contributed by atoms with Crippen LogP contribution in [0.5, 0.6) is 0 Å². The molecule has 7 nitrogen and oxygen atoms in total. The minimum Gasteiger partial charge on any atom is -0.481 e. The normalized spacial score (nSPS) is 12.3. The standard InChI is InChI=1S/C31H30N2O5/c1-2-3-17-28(30(36)33(19-18-29(34)35)20-22-11-5-4-6-12-22)32-31(37)38-21-27-25-15-9-7-13-23(25)24-14-8-10-16-26(24)27/h4-16,27-28H,17-21H2,1H3,(H,32,37)(H,34,35). The molecule has 38 heavy (non-hydrogen) atoms. The van der Waals surface area contributed by atoms with Crippen LogP contribution in [0.3, 0.4) is 0 Å². The van der Waals surface area contributed by atoms with E-state index in [1.54, 1.807) is 6.92 Å². The SMILES string of the molecule is CC#CCC(NC(=O)OCC1c2ccccc2-c2ccccc21)C(=O)N(CCC(=O)O)Cc1ccccc1. The maximum atomic E-state index is 13.5. The van der Waals surface area contributed by atoms with Crippen LogP contribution >= 0.6 is 0 Å². The van der Waals surface area contributed by atoms with E-state index in [4.69, 9.17) is 4.74 Å². The van der Waals surface area contributed by atoms with Crippen molar-refractivity contribution in [2.75, 3.05) is 13.2 Å². The van der Waals surface area contributed by atoms with Crippen molar-refractivity contribution >= 4 is 18.0 Å². The Kier molecular flexibility index (Phi) is 8.78. The molecule has 0 aliphatic heterocycles. The molecule has 1 aliphatic rings. The van der Waals surface area contributed by atoms with Crippen LogP contribution in [0.25, 0.3) is 11.1 Å². The number of nitrogens with zero attached hydrogens (tertiary/aromatic N) is 1. The van der Waals surface area contributed by atoms with Crippen molar-refractivity contribution in [3.05, 3.63) is 95.6 Å². The number of carboxylic acids is 1. The summed E-state index contributed by atoms with van der Waals surface area (Å²) < 4.78 is 5.63. The molecule has 0 saturated heterocycles. The first-order valence-electron chi connectivity index (χ1n) is 12.5. The maximum Gasteiger partial charge on any atom is 0.407 e. The van der Waals surface area contributed by atoms with Gasteiger partial charge in [0.15, 0.2) is 0 Å². The Labute approximate surface area is 222 Å². The quantitative estimate of drug-likeness (QED) is 0.382. The Morgan fingerprint density at radius 2 is 1.55 bits per heavy atom. The summed E-state index contributed by atoms with van der Waals surface area (Å²) in [6.07, 6.45) is -0.853. The number of alkyl carbamates (subject to hydrolysis) is 1. The van der Waals surface area contributed by atoms with Gasteiger partial charge in [0.1, 0.15) is 12.6 Å². The summed E-state index contributed by atoms with van der Waals surface area (Å²) in [5, 5.41) is 11.9. The van der Waals surface area contributed by atoms with Crippen LogP contribution in [-0.2, 0) is 20.9 Å². The summed E-state index contributed by atoms with van der Waals surface area (Å²) >= 11 is 0. The third kappa shape index (κ3) is 6.40. The highest BCUT2D eigenvalue weighted by molar-refractivity contribution is 5.86. The van der Waals surface area contributed by atoms with Gasteiger partial charge >= 0.3 is 12.1 Å². The predicted octanol–water partition coefficient (Wildman–Crippen LogP) is 4.81. The van der Waals surface area contributed by atoms with Crippen LogP contribution in [0.15, 0.2) is 78.9 Å². The van der Waals surface area contributed by atoms with Gasteiger partial charge in [0.2, 0.25) is 5.91 Å². The molecule has 3 aromatic rings. The molecule has 2 N–H and O–H groups in total. The molecular formula is C31H30N2O5. The molecule has 194 valence electrons. The van der Waals surface area contributed by atoms with Gasteiger partial charge in [0.05, 0.1) is 6.42 Å². The molecule has 0 saturated carbocycles. The van der Waals surface area contributed by atoms with E-state index in [0.29, 0.717) is 0 Å². The van der Waals surface area contributed by atoms with E-state index in [9.17, 15) is 19.5 Å². The van der Waals surface area contributed by atoms with Crippen molar-refractivity contribution in [2.45, 2.75) is 38.3 Å². The molecule has 1 atom stereocenters. The summed E-state index contributed by atoms with van der Waals surface area (Å²) in [5.74, 6) is 4.09. The third-order valence-electron chi connectivity index (χ3n) is 6.54. The van der Waals surface area contributed by atoms with Crippen molar-refractivity contribution in [3.63, 3.8) is 0 Å². The fourth-order valence-corrected chi connectivity index (χ4v) is 4.71. The molecule has 0 radical (unpaired) electrons. The highest BCUT2D eigenvalue weighted by Gasteiger charge is 2.30. The smallest absolute Gasteiger partial charge is 0.407 e. The first-order valence-corrected chi connectivity index (χ1v) is 12.5. The van der Waals surface area contributed by atoms with Crippen molar-refractivity contribution in [1.29, 1.82) is 0 Å². The van der Waals surface area contributed by atoms with Gasteiger partial charge in [-0.3, -0.25) is 9.59 Å². The van der Waals surface area contributed by atoms with E-state index < -0.39 is 24.0 Å². The molecule has 2 amide bonds. The summed E-state index contributed by atoms with van der Waals surface area (Å²) in [4.78, 5) is 39.1. The average molecular weight is 511 g/mol. The van der Waals surface area contributed by atoms with Gasteiger partial charge in [-0.1, -0.05) is 78.9 Å². The van der Waals surface area contributed by atoms with Crippen LogP contribution in [0.1, 0.15) is 42.4 Å². The van der Waals surface area contributed by atoms with Gasteiger partial charge in [-0.05, 0) is 34.7 Å². The largest absolute Gasteiger partial charge is 0.481 e. The Bertz CT molecular complexity index is 1310. The number of nitrogens with one attached hydrogen (secondary N) is 1. The second kappa shape index (κ2) is 12.6. The minimum absolute atomic E-state index is 0.00544. The summed E-state index contributed by atoms with van der Waals surface area (Å²) in [7, 11) is 0. The summed E-state index contributed by atoms with van der Waals surface area (Å²) in [6.45, 7) is 1.99. The van der Waals surface area contributed by atoms with Crippen molar-refractivity contribution in [1.82, 2.24) is 10.2 Å². The number of aliphatic carboxylic acids is 1. The number of fused-ring (bicyclic) bond motifs is 3. The van der Waals surface area contributed by atoms with Crippen molar-refractivity contribution in [3.8, 4) is 23.0 Å². The number of ether oxygens (including phenoxy) is 1. The lowest BCUT2D eigenvalue weighted by molar-refractivity contribution is -0.139. The Hall–Kier alpha value is -4.57. The lowest BCUT2D eigenvalue weighted by atomic mass is 9.98. The van der Waals surface area contributed by atoms with Crippen LogP contribution in [0.2, 0.25) is 0 Å². The molecule has 0 bridgehead atoms. The fraction of sp³-hybridized carbons (Fsp3) is 0.258. The second-order valence-corrected chi connectivity index (χ2v) is 9.04. The monoisotopic (exact) mass is 510 g/mol. The van der Waals surface area contributed by atoms with E-state index >= 15 is 0 Å². The molecule has 4 rings (SSSR count). The highest BCUT2D eigenvalue weighted by Crippen LogP contribution is 2.44. The Morgan fingerprint density at radius 3 is 2.16 bits per heavy atom. The van der Waals surface area contributed by atoms with Crippen LogP contribution < -0.4 is 5.32 Å².